The largest absolute Gasteiger partial charge is 0.324 e. The molecule has 1 heteroatoms. The molecule has 0 spiro atoms. The number of hydrogen-bond acceptors (Lipinski definition) is 1. The second-order valence-electron chi connectivity index (χ2n) is 6.59. The lowest BCUT2D eigenvalue weighted by Crippen LogP contribution is -2.26. The molecule has 2 aromatic carbocycles. The zero-order chi connectivity index (χ0) is 13.6. The second-order valence-corrected chi connectivity index (χ2v) is 6.59. The van der Waals surface area contributed by atoms with Gasteiger partial charge in [0.1, 0.15) is 0 Å². The predicted octanol–water partition coefficient (Wildman–Crippen LogP) is 4.30. The van der Waals surface area contributed by atoms with Crippen LogP contribution in [0.2, 0.25) is 0 Å². The summed E-state index contributed by atoms with van der Waals surface area (Å²) in [5, 5.41) is 0. The van der Waals surface area contributed by atoms with E-state index in [1.54, 1.807) is 0 Å². The van der Waals surface area contributed by atoms with Gasteiger partial charge in [0.2, 0.25) is 0 Å². The van der Waals surface area contributed by atoms with E-state index in [-0.39, 0.29) is 11.5 Å². The van der Waals surface area contributed by atoms with E-state index in [0.717, 1.165) is 6.42 Å². The van der Waals surface area contributed by atoms with Crippen LogP contribution in [0.1, 0.15) is 43.5 Å². The predicted molar refractivity (Wildman–Crippen MR) is 81.1 cm³/mol. The van der Waals surface area contributed by atoms with Gasteiger partial charge in [-0.05, 0) is 39.7 Å². The molecule has 0 fully saturated rings. The topological polar surface area (TPSA) is 26.0 Å². The van der Waals surface area contributed by atoms with E-state index < -0.39 is 0 Å². The molecule has 19 heavy (non-hydrogen) atoms. The first-order valence-electron chi connectivity index (χ1n) is 6.93. The van der Waals surface area contributed by atoms with Crippen LogP contribution < -0.4 is 5.73 Å². The molecule has 0 unspecified atom stereocenters. The first-order chi connectivity index (χ1) is 8.97. The van der Waals surface area contributed by atoms with Gasteiger partial charge >= 0.3 is 0 Å². The Kier molecular flexibility index (Phi) is 2.75. The standard InChI is InChI=1S/C18H21N/c1-18(2,3)17(19)13-8-9-16-14(11-13)10-12-6-4-5-7-15(12)16/h4-9,11,17H,10,19H2,1-3H3/t17-/m0/s1. The second kappa shape index (κ2) is 4.21. The summed E-state index contributed by atoms with van der Waals surface area (Å²) in [6.07, 6.45) is 1.04. The van der Waals surface area contributed by atoms with Gasteiger partial charge in [-0.3, -0.25) is 0 Å². The summed E-state index contributed by atoms with van der Waals surface area (Å²) in [6, 6.07) is 15.5. The Morgan fingerprint density at radius 2 is 1.63 bits per heavy atom. The third-order valence-corrected chi connectivity index (χ3v) is 4.11. The first-order valence-corrected chi connectivity index (χ1v) is 6.93. The van der Waals surface area contributed by atoms with E-state index in [2.05, 4.69) is 63.2 Å². The Hall–Kier alpha value is -1.60. The molecule has 0 saturated heterocycles. The van der Waals surface area contributed by atoms with Crippen molar-refractivity contribution in [2.75, 3.05) is 0 Å². The number of fused-ring (bicyclic) bond motifs is 3. The average molecular weight is 251 g/mol. The van der Waals surface area contributed by atoms with Gasteiger partial charge in [-0.1, -0.05) is 63.2 Å². The van der Waals surface area contributed by atoms with Crippen molar-refractivity contribution in [3.8, 4) is 11.1 Å². The molecule has 0 aliphatic heterocycles. The van der Waals surface area contributed by atoms with Crippen LogP contribution in [-0.4, -0.2) is 0 Å². The summed E-state index contributed by atoms with van der Waals surface area (Å²) in [7, 11) is 0. The third kappa shape index (κ3) is 2.08. The van der Waals surface area contributed by atoms with Crippen molar-refractivity contribution in [2.24, 2.45) is 11.1 Å². The van der Waals surface area contributed by atoms with Gasteiger partial charge in [-0.2, -0.15) is 0 Å². The zero-order valence-electron chi connectivity index (χ0n) is 11.9. The summed E-state index contributed by atoms with van der Waals surface area (Å²) in [5.74, 6) is 0. The first kappa shape index (κ1) is 12.4. The van der Waals surface area contributed by atoms with Gasteiger partial charge in [0.25, 0.3) is 0 Å². The summed E-state index contributed by atoms with van der Waals surface area (Å²) < 4.78 is 0. The van der Waals surface area contributed by atoms with Gasteiger partial charge in [0.05, 0.1) is 0 Å². The highest BCUT2D eigenvalue weighted by Gasteiger charge is 2.24. The molecule has 0 radical (unpaired) electrons. The van der Waals surface area contributed by atoms with Crippen molar-refractivity contribution in [3.05, 3.63) is 59.2 Å². The van der Waals surface area contributed by atoms with E-state index in [4.69, 9.17) is 5.73 Å². The van der Waals surface area contributed by atoms with Gasteiger partial charge in [-0.25, -0.2) is 0 Å². The number of nitrogens with two attached hydrogens (primary N) is 1. The fourth-order valence-electron chi connectivity index (χ4n) is 2.86. The number of hydrogen-bond donors (Lipinski definition) is 1. The van der Waals surface area contributed by atoms with E-state index in [1.165, 1.54) is 27.8 Å². The van der Waals surface area contributed by atoms with Crippen molar-refractivity contribution >= 4 is 0 Å². The Morgan fingerprint density at radius 3 is 2.37 bits per heavy atom. The van der Waals surface area contributed by atoms with Crippen molar-refractivity contribution in [1.82, 2.24) is 0 Å². The molecule has 1 aliphatic carbocycles. The molecule has 0 saturated carbocycles. The normalized spacial score (nSPS) is 14.9. The average Bonchev–Trinajstić information content (AvgIpc) is 2.74. The number of rotatable bonds is 1. The lowest BCUT2D eigenvalue weighted by atomic mass is 9.82. The van der Waals surface area contributed by atoms with Crippen molar-refractivity contribution < 1.29 is 0 Å². The number of benzene rings is 2. The Balaban J connectivity index is 2.02. The molecular weight excluding hydrogens is 230 g/mol. The van der Waals surface area contributed by atoms with Crippen LogP contribution in [0.5, 0.6) is 0 Å². The summed E-state index contributed by atoms with van der Waals surface area (Å²) in [6.45, 7) is 6.58. The smallest absolute Gasteiger partial charge is 0.0344 e. The maximum atomic E-state index is 6.37. The lowest BCUT2D eigenvalue weighted by Gasteiger charge is -2.27. The maximum Gasteiger partial charge on any atom is 0.0344 e. The highest BCUT2D eigenvalue weighted by atomic mass is 14.7. The van der Waals surface area contributed by atoms with Gasteiger partial charge in [-0.15, -0.1) is 0 Å². The van der Waals surface area contributed by atoms with E-state index >= 15 is 0 Å². The minimum absolute atomic E-state index is 0.0847. The Morgan fingerprint density at radius 1 is 0.947 bits per heavy atom. The van der Waals surface area contributed by atoms with Crippen LogP contribution >= 0.6 is 0 Å². The SMILES string of the molecule is CC(C)(C)[C@@H](N)c1ccc2c(c1)Cc1ccccc1-2. The van der Waals surface area contributed by atoms with Gasteiger partial charge in [0.15, 0.2) is 0 Å². The molecule has 2 N–H and O–H groups in total. The van der Waals surface area contributed by atoms with Crippen LogP contribution in [0.3, 0.4) is 0 Å². The highest BCUT2D eigenvalue weighted by molar-refractivity contribution is 5.77. The van der Waals surface area contributed by atoms with Gasteiger partial charge < -0.3 is 5.73 Å². The quantitative estimate of drug-likeness (QED) is 0.685. The lowest BCUT2D eigenvalue weighted by molar-refractivity contribution is 0.327. The summed E-state index contributed by atoms with van der Waals surface area (Å²) in [5.41, 5.74) is 13.3. The van der Waals surface area contributed by atoms with Crippen LogP contribution in [0, 0.1) is 5.41 Å². The zero-order valence-corrected chi connectivity index (χ0v) is 11.9. The molecule has 0 amide bonds. The van der Waals surface area contributed by atoms with Crippen LogP contribution in [-0.2, 0) is 6.42 Å². The van der Waals surface area contributed by atoms with Gasteiger partial charge in [0, 0.05) is 6.04 Å². The Bertz CT molecular complexity index is 620. The molecule has 2 aromatic rings. The Labute approximate surface area is 115 Å². The van der Waals surface area contributed by atoms with Crippen molar-refractivity contribution in [1.29, 1.82) is 0 Å². The van der Waals surface area contributed by atoms with Crippen LogP contribution in [0.4, 0.5) is 0 Å². The van der Waals surface area contributed by atoms with Crippen LogP contribution in [0.15, 0.2) is 42.5 Å². The van der Waals surface area contributed by atoms with Crippen LogP contribution in [0.25, 0.3) is 11.1 Å². The molecule has 0 heterocycles. The third-order valence-electron chi connectivity index (χ3n) is 4.11. The maximum absolute atomic E-state index is 6.37. The highest BCUT2D eigenvalue weighted by Crippen LogP contribution is 2.39. The molecule has 3 rings (SSSR count). The van der Waals surface area contributed by atoms with E-state index in [9.17, 15) is 0 Å². The van der Waals surface area contributed by atoms with E-state index in [0.29, 0.717) is 0 Å². The fraction of sp³-hybridized carbons (Fsp3) is 0.333. The minimum Gasteiger partial charge on any atom is -0.324 e. The summed E-state index contributed by atoms with van der Waals surface area (Å²) >= 11 is 0. The van der Waals surface area contributed by atoms with Crippen molar-refractivity contribution in [3.63, 3.8) is 0 Å². The minimum atomic E-state index is 0.0847. The molecule has 98 valence electrons. The molecule has 1 atom stereocenters. The van der Waals surface area contributed by atoms with Crippen molar-refractivity contribution in [2.45, 2.75) is 33.2 Å². The molecule has 1 aliphatic rings. The fourth-order valence-corrected chi connectivity index (χ4v) is 2.86. The van der Waals surface area contributed by atoms with E-state index in [1.807, 2.05) is 0 Å². The molecule has 0 aromatic heterocycles. The molecular formula is C18H21N. The summed E-state index contributed by atoms with van der Waals surface area (Å²) in [4.78, 5) is 0. The molecule has 1 nitrogen and oxygen atoms in total. The monoisotopic (exact) mass is 251 g/mol. The molecule has 0 bridgehead atoms.